The molecule has 1 aromatic heterocycles. The Morgan fingerprint density at radius 2 is 2.32 bits per heavy atom. The zero-order valence-corrected chi connectivity index (χ0v) is 12.0. The molecule has 1 aliphatic rings. The molecule has 1 saturated carbocycles. The van der Waals surface area contributed by atoms with E-state index in [0.717, 1.165) is 29.0 Å². The average Bonchev–Trinajstić information content (AvgIpc) is 2.97. The Morgan fingerprint density at radius 1 is 1.58 bits per heavy atom. The third-order valence-electron chi connectivity index (χ3n) is 3.42. The molecule has 1 N–H and O–H groups in total. The zero-order valence-electron chi connectivity index (χ0n) is 10.4. The van der Waals surface area contributed by atoms with Crippen LogP contribution in [0.2, 0.25) is 5.02 Å². The maximum Gasteiger partial charge on any atom is 0.313 e. The summed E-state index contributed by atoms with van der Waals surface area (Å²) in [4.78, 5) is 15.3. The molecular weight excluding hydrogens is 284 g/mol. The number of aliphatic carboxylic acids is 1. The van der Waals surface area contributed by atoms with Crippen LogP contribution < -0.4 is 0 Å². The summed E-state index contributed by atoms with van der Waals surface area (Å²) in [5.41, 5.74) is 1.93. The summed E-state index contributed by atoms with van der Waals surface area (Å²) in [5.74, 6) is -0.810. The first-order valence-corrected chi connectivity index (χ1v) is 7.39. The summed E-state index contributed by atoms with van der Waals surface area (Å²) in [5, 5.41) is 10.2. The minimum absolute atomic E-state index is 0.0210. The number of imidazole rings is 1. The van der Waals surface area contributed by atoms with E-state index >= 15 is 0 Å². The molecule has 1 aliphatic carbocycles. The van der Waals surface area contributed by atoms with Gasteiger partial charge in [-0.15, -0.1) is 0 Å². The van der Waals surface area contributed by atoms with Crippen molar-refractivity contribution >= 4 is 40.4 Å². The molecular formula is C13H13ClN2O2S. The normalized spacial score (nSPS) is 16.7. The predicted octanol–water partition coefficient (Wildman–Crippen LogP) is 3.38. The van der Waals surface area contributed by atoms with Crippen LogP contribution in [0, 0.1) is 0 Å². The van der Waals surface area contributed by atoms with E-state index in [1.165, 1.54) is 11.8 Å². The monoisotopic (exact) mass is 296 g/mol. The third-order valence-corrected chi connectivity index (χ3v) is 4.58. The summed E-state index contributed by atoms with van der Waals surface area (Å²) >= 11 is 7.25. The van der Waals surface area contributed by atoms with Crippen LogP contribution in [0.4, 0.5) is 0 Å². The van der Waals surface area contributed by atoms with E-state index in [0.29, 0.717) is 5.02 Å². The van der Waals surface area contributed by atoms with Gasteiger partial charge in [-0.25, -0.2) is 4.98 Å². The number of halogens is 1. The predicted molar refractivity (Wildman–Crippen MR) is 76.0 cm³/mol. The topological polar surface area (TPSA) is 55.1 Å². The molecule has 3 rings (SSSR count). The minimum atomic E-state index is -0.831. The van der Waals surface area contributed by atoms with Gasteiger partial charge in [-0.1, -0.05) is 23.4 Å². The van der Waals surface area contributed by atoms with Gasteiger partial charge in [0.25, 0.3) is 0 Å². The molecule has 0 spiro atoms. The molecule has 0 unspecified atom stereocenters. The maximum absolute atomic E-state index is 10.7. The van der Waals surface area contributed by atoms with Gasteiger partial charge in [-0.05, 0) is 38.0 Å². The number of nitrogens with zero attached hydrogens (tertiary/aromatic N) is 2. The molecule has 2 aromatic rings. The van der Waals surface area contributed by atoms with Crippen LogP contribution in [0.1, 0.15) is 19.8 Å². The number of rotatable bonds is 4. The van der Waals surface area contributed by atoms with Gasteiger partial charge >= 0.3 is 5.97 Å². The van der Waals surface area contributed by atoms with Gasteiger partial charge in [0.15, 0.2) is 5.16 Å². The number of aromatic nitrogens is 2. The first-order chi connectivity index (χ1) is 8.99. The second-order valence-corrected chi connectivity index (χ2v) is 6.42. The second-order valence-electron chi connectivity index (χ2n) is 5.04. The number of carboxylic acids is 1. The first kappa shape index (κ1) is 12.8. The minimum Gasteiger partial charge on any atom is -0.481 e. The summed E-state index contributed by atoms with van der Waals surface area (Å²) in [6.07, 6.45) is 2.20. The number of fused-ring (bicyclic) bond motifs is 1. The Morgan fingerprint density at radius 3 is 2.95 bits per heavy atom. The van der Waals surface area contributed by atoms with Gasteiger partial charge in [0.2, 0.25) is 0 Å². The van der Waals surface area contributed by atoms with Crippen molar-refractivity contribution in [3.8, 4) is 0 Å². The number of benzene rings is 1. The van der Waals surface area contributed by atoms with Crippen molar-refractivity contribution in [2.75, 3.05) is 5.75 Å². The second kappa shape index (κ2) is 4.42. The van der Waals surface area contributed by atoms with Crippen LogP contribution in [-0.2, 0) is 10.3 Å². The van der Waals surface area contributed by atoms with Gasteiger partial charge in [0.1, 0.15) is 0 Å². The summed E-state index contributed by atoms with van der Waals surface area (Å²) < 4.78 is 2.16. The van der Waals surface area contributed by atoms with E-state index in [9.17, 15) is 4.79 Å². The lowest BCUT2D eigenvalue weighted by Gasteiger charge is -2.15. The van der Waals surface area contributed by atoms with E-state index < -0.39 is 5.97 Å². The average molecular weight is 297 g/mol. The number of carboxylic acid groups (broad SMARTS) is 1. The van der Waals surface area contributed by atoms with Crippen molar-refractivity contribution in [3.05, 3.63) is 23.2 Å². The van der Waals surface area contributed by atoms with E-state index in [4.69, 9.17) is 16.7 Å². The van der Waals surface area contributed by atoms with Gasteiger partial charge in [0.05, 0.1) is 16.8 Å². The highest BCUT2D eigenvalue weighted by atomic mass is 35.5. The Labute approximate surface area is 119 Å². The van der Waals surface area contributed by atoms with Crippen LogP contribution in [0.15, 0.2) is 23.4 Å². The zero-order chi connectivity index (χ0) is 13.6. The van der Waals surface area contributed by atoms with Crippen molar-refractivity contribution in [3.63, 3.8) is 0 Å². The van der Waals surface area contributed by atoms with E-state index in [-0.39, 0.29) is 11.3 Å². The number of hydrogen-bond donors (Lipinski definition) is 1. The lowest BCUT2D eigenvalue weighted by Crippen LogP contribution is -2.14. The van der Waals surface area contributed by atoms with Crippen LogP contribution in [0.5, 0.6) is 0 Å². The quantitative estimate of drug-likeness (QED) is 0.879. The summed E-state index contributed by atoms with van der Waals surface area (Å²) in [6, 6.07) is 5.63. The van der Waals surface area contributed by atoms with Gasteiger partial charge in [0, 0.05) is 10.6 Å². The molecule has 0 atom stereocenters. The van der Waals surface area contributed by atoms with Crippen molar-refractivity contribution < 1.29 is 9.90 Å². The molecule has 0 bridgehead atoms. The maximum atomic E-state index is 10.7. The highest BCUT2D eigenvalue weighted by molar-refractivity contribution is 7.99. The Balaban J connectivity index is 2.11. The molecule has 0 saturated heterocycles. The van der Waals surface area contributed by atoms with Crippen molar-refractivity contribution in [1.29, 1.82) is 0 Å². The number of carbonyl (C=O) groups is 1. The molecule has 19 heavy (non-hydrogen) atoms. The lowest BCUT2D eigenvalue weighted by atomic mass is 10.2. The van der Waals surface area contributed by atoms with E-state index in [1.807, 2.05) is 18.2 Å². The smallest absolute Gasteiger partial charge is 0.313 e. The fourth-order valence-electron chi connectivity index (χ4n) is 2.18. The van der Waals surface area contributed by atoms with Gasteiger partial charge in [-0.3, -0.25) is 4.79 Å². The first-order valence-electron chi connectivity index (χ1n) is 6.03. The standard InChI is InChI=1S/C13H13ClN2O2S/c1-13(4-5-13)16-10-3-2-8(14)6-9(10)15-12(16)19-7-11(17)18/h2-3,6H,4-5,7H2,1H3,(H,17,18). The van der Waals surface area contributed by atoms with E-state index in [1.54, 1.807) is 0 Å². The largest absolute Gasteiger partial charge is 0.481 e. The Kier molecular flexibility index (Phi) is 2.98. The molecule has 0 aliphatic heterocycles. The molecule has 1 fully saturated rings. The SMILES string of the molecule is CC1(n2c(SCC(=O)O)nc3cc(Cl)ccc32)CC1. The molecule has 6 heteroatoms. The Bertz CT molecular complexity index is 664. The lowest BCUT2D eigenvalue weighted by molar-refractivity contribution is -0.133. The van der Waals surface area contributed by atoms with Gasteiger partial charge < -0.3 is 9.67 Å². The van der Waals surface area contributed by atoms with Gasteiger partial charge in [-0.2, -0.15) is 0 Å². The van der Waals surface area contributed by atoms with Crippen LogP contribution in [0.25, 0.3) is 11.0 Å². The molecule has 0 amide bonds. The number of thioether (sulfide) groups is 1. The molecule has 1 heterocycles. The molecule has 100 valence electrons. The van der Waals surface area contributed by atoms with Crippen LogP contribution in [-0.4, -0.2) is 26.4 Å². The van der Waals surface area contributed by atoms with Crippen molar-refractivity contribution in [1.82, 2.24) is 9.55 Å². The molecule has 0 radical (unpaired) electrons. The van der Waals surface area contributed by atoms with Crippen LogP contribution >= 0.6 is 23.4 Å². The van der Waals surface area contributed by atoms with Crippen molar-refractivity contribution in [2.24, 2.45) is 0 Å². The van der Waals surface area contributed by atoms with Crippen LogP contribution in [0.3, 0.4) is 0 Å². The third kappa shape index (κ3) is 2.32. The highest BCUT2D eigenvalue weighted by Crippen LogP contribution is 2.47. The number of hydrogen-bond acceptors (Lipinski definition) is 3. The molecule has 4 nitrogen and oxygen atoms in total. The van der Waals surface area contributed by atoms with Crippen molar-refractivity contribution in [2.45, 2.75) is 30.5 Å². The summed E-state index contributed by atoms with van der Waals surface area (Å²) in [6.45, 7) is 2.17. The Hall–Kier alpha value is -1.20. The molecule has 1 aromatic carbocycles. The fraction of sp³-hybridized carbons (Fsp3) is 0.385. The van der Waals surface area contributed by atoms with E-state index in [2.05, 4.69) is 16.5 Å². The summed E-state index contributed by atoms with van der Waals surface area (Å²) in [7, 11) is 0. The fourth-order valence-corrected chi connectivity index (χ4v) is 3.21. The highest BCUT2D eigenvalue weighted by Gasteiger charge is 2.42.